The first kappa shape index (κ1) is 13.6. The van der Waals surface area contributed by atoms with Crippen molar-refractivity contribution in [2.75, 3.05) is 0 Å². The van der Waals surface area contributed by atoms with Gasteiger partial charge >= 0.3 is 5.63 Å². The van der Waals surface area contributed by atoms with Gasteiger partial charge in [0.15, 0.2) is 5.69 Å². The van der Waals surface area contributed by atoms with Crippen LogP contribution < -0.4 is 5.63 Å². The number of rotatable bonds is 3. The van der Waals surface area contributed by atoms with Crippen molar-refractivity contribution >= 4 is 5.69 Å². The zero-order valence-electron chi connectivity index (χ0n) is 11.2. The number of non-ortho nitro benzene ring substituents is 1. The molecule has 0 aliphatic rings. The minimum atomic E-state index is -0.650. The summed E-state index contributed by atoms with van der Waals surface area (Å²) in [5, 5.41) is 18.4. The summed E-state index contributed by atoms with van der Waals surface area (Å²) in [6, 6.07) is 14.4. The highest BCUT2D eigenvalue weighted by molar-refractivity contribution is 5.60. The molecule has 0 saturated carbocycles. The number of aromatic nitrogens is 2. The quantitative estimate of drug-likeness (QED) is 0.544. The molecule has 2 aromatic carbocycles. The first-order valence-electron chi connectivity index (χ1n) is 6.33. The van der Waals surface area contributed by atoms with Crippen LogP contribution in [0.2, 0.25) is 0 Å². The minimum absolute atomic E-state index is 0.00887. The third-order valence-corrected chi connectivity index (χ3v) is 3.00. The van der Waals surface area contributed by atoms with E-state index in [1.165, 1.54) is 24.3 Å². The Morgan fingerprint density at radius 3 is 2.18 bits per heavy atom. The van der Waals surface area contributed by atoms with Crippen LogP contribution in [0.15, 0.2) is 63.8 Å². The number of hydrogen-bond donors (Lipinski definition) is 0. The summed E-state index contributed by atoms with van der Waals surface area (Å²) >= 11 is 0. The van der Waals surface area contributed by atoms with E-state index in [2.05, 4.69) is 10.2 Å². The summed E-state index contributed by atoms with van der Waals surface area (Å²) < 4.78 is 5.16. The molecular weight excluding hydrogens is 286 g/mol. The molecule has 3 rings (SSSR count). The van der Waals surface area contributed by atoms with Gasteiger partial charge in [-0.1, -0.05) is 18.2 Å². The Bertz CT molecular complexity index is 873. The fourth-order valence-electron chi connectivity index (χ4n) is 1.91. The Morgan fingerprint density at radius 1 is 0.909 bits per heavy atom. The van der Waals surface area contributed by atoms with E-state index in [0.717, 1.165) is 0 Å². The van der Waals surface area contributed by atoms with Crippen LogP contribution in [0.25, 0.3) is 22.7 Å². The van der Waals surface area contributed by atoms with Crippen LogP contribution >= 0.6 is 0 Å². The van der Waals surface area contributed by atoms with Gasteiger partial charge in [0, 0.05) is 23.3 Å². The van der Waals surface area contributed by atoms with Gasteiger partial charge in [-0.2, -0.15) is 0 Å². The van der Waals surface area contributed by atoms with E-state index in [1.807, 2.05) is 6.07 Å². The normalized spacial score (nSPS) is 10.4. The van der Waals surface area contributed by atoms with Crippen LogP contribution in [0.5, 0.6) is 0 Å². The molecule has 7 heteroatoms. The molecule has 0 unspecified atom stereocenters. The second-order valence-electron chi connectivity index (χ2n) is 4.41. The Hall–Kier alpha value is -3.35. The third-order valence-electron chi connectivity index (χ3n) is 3.00. The highest BCUT2D eigenvalue weighted by Gasteiger charge is 2.12. The maximum absolute atomic E-state index is 12.0. The van der Waals surface area contributed by atoms with Crippen molar-refractivity contribution in [3.05, 3.63) is 75.1 Å². The topological polar surface area (TPSA) is 99.1 Å². The lowest BCUT2D eigenvalue weighted by molar-refractivity contribution is -0.384. The zero-order valence-corrected chi connectivity index (χ0v) is 11.2. The molecule has 1 heterocycles. The van der Waals surface area contributed by atoms with E-state index >= 15 is 0 Å². The number of nitrogens with zero attached hydrogens (tertiary/aromatic N) is 3. The average Bonchev–Trinajstić information content (AvgIpc) is 2.56. The summed E-state index contributed by atoms with van der Waals surface area (Å²) in [4.78, 5) is 22.1. The van der Waals surface area contributed by atoms with E-state index in [1.54, 1.807) is 24.3 Å². The van der Waals surface area contributed by atoms with Gasteiger partial charge in [-0.25, -0.2) is 4.79 Å². The van der Waals surface area contributed by atoms with E-state index in [4.69, 9.17) is 4.42 Å². The molecule has 22 heavy (non-hydrogen) atoms. The van der Waals surface area contributed by atoms with Crippen molar-refractivity contribution < 1.29 is 9.34 Å². The van der Waals surface area contributed by atoms with Gasteiger partial charge < -0.3 is 4.42 Å². The van der Waals surface area contributed by atoms with Crippen LogP contribution in [0.3, 0.4) is 0 Å². The van der Waals surface area contributed by atoms with Crippen LogP contribution in [-0.2, 0) is 0 Å². The molecule has 0 N–H and O–H groups in total. The monoisotopic (exact) mass is 295 g/mol. The molecule has 0 amide bonds. The molecule has 0 spiro atoms. The van der Waals surface area contributed by atoms with Gasteiger partial charge in [0.1, 0.15) is 0 Å². The van der Waals surface area contributed by atoms with Gasteiger partial charge in [0.25, 0.3) is 5.69 Å². The van der Waals surface area contributed by atoms with Gasteiger partial charge in [0.2, 0.25) is 5.89 Å². The fourth-order valence-corrected chi connectivity index (χ4v) is 1.91. The molecule has 0 aliphatic heterocycles. The lowest BCUT2D eigenvalue weighted by Crippen LogP contribution is -2.08. The summed E-state index contributed by atoms with van der Waals surface area (Å²) in [7, 11) is 0. The number of nitro benzene ring substituents is 1. The second-order valence-corrected chi connectivity index (χ2v) is 4.41. The third kappa shape index (κ3) is 2.59. The minimum Gasteiger partial charge on any atom is -0.400 e. The van der Waals surface area contributed by atoms with E-state index in [0.29, 0.717) is 11.1 Å². The largest absolute Gasteiger partial charge is 0.400 e. The standard InChI is InChI=1S/C15H9N3O4/c19-15-13(10-6-8-12(9-7-10)18(20)21)16-17-14(22-15)11-4-2-1-3-5-11/h1-9H. The Morgan fingerprint density at radius 2 is 1.59 bits per heavy atom. The van der Waals surface area contributed by atoms with Crippen molar-refractivity contribution in [2.45, 2.75) is 0 Å². The van der Waals surface area contributed by atoms with Crippen LogP contribution in [0, 0.1) is 10.1 Å². The summed E-state index contributed by atoms with van der Waals surface area (Å²) in [5.41, 5.74) is 0.341. The molecule has 0 bridgehead atoms. The molecule has 1 aromatic heterocycles. The molecule has 3 aromatic rings. The molecule has 0 atom stereocenters. The van der Waals surface area contributed by atoms with Crippen molar-refractivity contribution in [3.8, 4) is 22.7 Å². The molecule has 0 saturated heterocycles. The molecular formula is C15H9N3O4. The Kier molecular flexibility index (Phi) is 3.45. The molecule has 108 valence electrons. The van der Waals surface area contributed by atoms with Crippen LogP contribution in [-0.4, -0.2) is 15.1 Å². The van der Waals surface area contributed by atoms with Gasteiger partial charge in [-0.05, 0) is 24.3 Å². The summed E-state index contributed by atoms with van der Waals surface area (Å²) in [5.74, 6) is 0.122. The maximum Gasteiger partial charge on any atom is 0.366 e. The lowest BCUT2D eigenvalue weighted by Gasteiger charge is -2.01. The Labute approximate surface area is 124 Å². The number of nitro groups is 1. The van der Waals surface area contributed by atoms with Crippen molar-refractivity contribution in [3.63, 3.8) is 0 Å². The average molecular weight is 295 g/mol. The Balaban J connectivity index is 1.99. The predicted molar refractivity (Wildman–Crippen MR) is 78.1 cm³/mol. The van der Waals surface area contributed by atoms with Crippen LogP contribution in [0.4, 0.5) is 5.69 Å². The maximum atomic E-state index is 12.0. The smallest absolute Gasteiger partial charge is 0.366 e. The predicted octanol–water partition coefficient (Wildman–Crippen LogP) is 2.67. The van der Waals surface area contributed by atoms with Crippen molar-refractivity contribution in [1.82, 2.24) is 10.2 Å². The first-order valence-corrected chi connectivity index (χ1v) is 6.33. The van der Waals surface area contributed by atoms with Crippen molar-refractivity contribution in [1.29, 1.82) is 0 Å². The molecule has 0 aliphatic carbocycles. The fraction of sp³-hybridized carbons (Fsp3) is 0. The second kappa shape index (κ2) is 5.57. The molecule has 0 radical (unpaired) electrons. The highest BCUT2D eigenvalue weighted by atomic mass is 16.6. The van der Waals surface area contributed by atoms with Gasteiger partial charge in [-0.3, -0.25) is 10.1 Å². The van der Waals surface area contributed by atoms with Crippen molar-refractivity contribution in [2.24, 2.45) is 0 Å². The molecule has 7 nitrogen and oxygen atoms in total. The zero-order chi connectivity index (χ0) is 15.5. The lowest BCUT2D eigenvalue weighted by atomic mass is 10.1. The SMILES string of the molecule is O=c1oc(-c2ccccc2)nnc1-c1ccc([N+](=O)[O-])cc1. The number of hydrogen-bond acceptors (Lipinski definition) is 6. The first-order chi connectivity index (χ1) is 10.6. The van der Waals surface area contributed by atoms with E-state index < -0.39 is 10.5 Å². The summed E-state index contributed by atoms with van der Waals surface area (Å²) in [6.45, 7) is 0. The number of benzene rings is 2. The van der Waals surface area contributed by atoms with E-state index in [-0.39, 0.29) is 17.3 Å². The van der Waals surface area contributed by atoms with Crippen LogP contribution in [0.1, 0.15) is 0 Å². The highest BCUT2D eigenvalue weighted by Crippen LogP contribution is 2.19. The van der Waals surface area contributed by atoms with Gasteiger partial charge in [-0.15, -0.1) is 10.2 Å². The van der Waals surface area contributed by atoms with E-state index in [9.17, 15) is 14.9 Å². The van der Waals surface area contributed by atoms with Gasteiger partial charge in [0.05, 0.1) is 4.92 Å². The molecule has 0 fully saturated rings. The summed E-state index contributed by atoms with van der Waals surface area (Å²) in [6.07, 6.45) is 0.